The summed E-state index contributed by atoms with van der Waals surface area (Å²) < 4.78 is 2.07. The molecule has 0 aliphatic rings. The number of rotatable bonds is 8. The normalized spacial score (nSPS) is 11.1. The smallest absolute Gasteiger partial charge is 0.193 e. The second-order valence-electron chi connectivity index (χ2n) is 6.47. The van der Waals surface area contributed by atoms with Gasteiger partial charge < -0.3 is 14.8 Å². The first kappa shape index (κ1) is 22.4. The van der Waals surface area contributed by atoms with E-state index in [4.69, 9.17) is 4.99 Å². The van der Waals surface area contributed by atoms with Gasteiger partial charge in [0.2, 0.25) is 0 Å². The molecule has 150 valence electrons. The minimum absolute atomic E-state index is 0. The van der Waals surface area contributed by atoms with E-state index >= 15 is 0 Å². The molecule has 0 spiro atoms. The van der Waals surface area contributed by atoms with Crippen LogP contribution < -0.4 is 5.32 Å². The number of nitrogens with zero attached hydrogens (tertiary/aromatic N) is 4. The molecule has 0 amide bonds. The van der Waals surface area contributed by atoms with E-state index in [1.165, 1.54) is 16.0 Å². The summed E-state index contributed by atoms with van der Waals surface area (Å²) in [6.07, 6.45) is 6.67. The van der Waals surface area contributed by atoms with E-state index in [0.717, 1.165) is 32.0 Å². The number of aliphatic imine (C=N–C) groups is 1. The summed E-state index contributed by atoms with van der Waals surface area (Å²) in [5.41, 5.74) is 2.48. The van der Waals surface area contributed by atoms with Crippen molar-refractivity contribution in [1.82, 2.24) is 19.8 Å². The molecule has 28 heavy (non-hydrogen) atoms. The second kappa shape index (κ2) is 11.9. The Morgan fingerprint density at radius 3 is 2.64 bits per heavy atom. The van der Waals surface area contributed by atoms with Gasteiger partial charge in [-0.25, -0.2) is 9.98 Å². The molecule has 0 unspecified atom stereocenters. The number of thiophene rings is 1. The van der Waals surface area contributed by atoms with Crippen LogP contribution in [0.3, 0.4) is 0 Å². The fourth-order valence-electron chi connectivity index (χ4n) is 2.82. The zero-order valence-electron chi connectivity index (χ0n) is 16.4. The molecule has 0 bridgehead atoms. The summed E-state index contributed by atoms with van der Waals surface area (Å²) in [6, 6.07) is 12.9. The van der Waals surface area contributed by atoms with Crippen molar-refractivity contribution in [2.24, 2.45) is 4.99 Å². The molecular weight excluding hydrogens is 481 g/mol. The Bertz CT molecular complexity index is 813. The van der Waals surface area contributed by atoms with E-state index < -0.39 is 0 Å². The van der Waals surface area contributed by atoms with Crippen LogP contribution in [-0.2, 0) is 19.5 Å². The zero-order valence-corrected chi connectivity index (χ0v) is 19.6. The molecule has 2 heterocycles. The van der Waals surface area contributed by atoms with Crippen LogP contribution in [0.2, 0.25) is 0 Å². The molecule has 0 fully saturated rings. The number of hydrogen-bond donors (Lipinski definition) is 1. The van der Waals surface area contributed by atoms with Gasteiger partial charge in [0.25, 0.3) is 0 Å². The molecule has 0 aliphatic heterocycles. The van der Waals surface area contributed by atoms with Crippen molar-refractivity contribution in [3.05, 3.63) is 76.5 Å². The fraction of sp³-hybridized carbons (Fsp3) is 0.333. The van der Waals surface area contributed by atoms with E-state index in [-0.39, 0.29) is 24.0 Å². The maximum absolute atomic E-state index is 4.81. The first-order valence-corrected chi connectivity index (χ1v) is 10.2. The monoisotopic (exact) mass is 509 g/mol. The molecule has 1 N–H and O–H groups in total. The van der Waals surface area contributed by atoms with E-state index in [1.54, 1.807) is 6.20 Å². The van der Waals surface area contributed by atoms with Crippen molar-refractivity contribution >= 4 is 41.3 Å². The topological polar surface area (TPSA) is 45.5 Å². The number of halogens is 1. The number of likely N-dealkylation sites (N-methyl/N-ethyl adjacent to an activating group) is 1. The van der Waals surface area contributed by atoms with Gasteiger partial charge in [0.1, 0.15) is 0 Å². The van der Waals surface area contributed by atoms with Gasteiger partial charge in [-0.1, -0.05) is 30.3 Å². The second-order valence-corrected chi connectivity index (χ2v) is 7.50. The van der Waals surface area contributed by atoms with Crippen molar-refractivity contribution < 1.29 is 0 Å². The molecule has 3 aromatic rings. The Kier molecular flexibility index (Phi) is 9.49. The van der Waals surface area contributed by atoms with Gasteiger partial charge in [-0.3, -0.25) is 0 Å². The number of aromatic nitrogens is 2. The SMILES string of the molecule is CCNC(=NCc1ccc(Cn2ccnc2)cc1)N(C)CCc1cccs1.I. The van der Waals surface area contributed by atoms with Crippen LogP contribution in [0.5, 0.6) is 0 Å². The molecule has 3 rings (SSSR count). The molecule has 0 saturated carbocycles. The van der Waals surface area contributed by atoms with Gasteiger partial charge in [-0.05, 0) is 35.9 Å². The lowest BCUT2D eigenvalue weighted by Gasteiger charge is -2.21. The van der Waals surface area contributed by atoms with Crippen LogP contribution >= 0.6 is 35.3 Å². The molecule has 1 aromatic carbocycles. The van der Waals surface area contributed by atoms with Crippen LogP contribution in [0, 0.1) is 0 Å². The number of hydrogen-bond acceptors (Lipinski definition) is 3. The summed E-state index contributed by atoms with van der Waals surface area (Å²) in [4.78, 5) is 12.5. The Morgan fingerprint density at radius 2 is 2.00 bits per heavy atom. The molecule has 0 atom stereocenters. The highest BCUT2D eigenvalue weighted by molar-refractivity contribution is 14.0. The van der Waals surface area contributed by atoms with Gasteiger partial charge in [-0.15, -0.1) is 35.3 Å². The van der Waals surface area contributed by atoms with Crippen LogP contribution in [0.25, 0.3) is 0 Å². The molecule has 2 aromatic heterocycles. The average molecular weight is 509 g/mol. The Labute approximate surface area is 188 Å². The largest absolute Gasteiger partial charge is 0.357 e. The van der Waals surface area contributed by atoms with Gasteiger partial charge >= 0.3 is 0 Å². The van der Waals surface area contributed by atoms with Gasteiger partial charge in [0.15, 0.2) is 5.96 Å². The quantitative estimate of drug-likeness (QED) is 0.281. The van der Waals surface area contributed by atoms with E-state index in [0.29, 0.717) is 6.54 Å². The maximum Gasteiger partial charge on any atom is 0.193 e. The minimum Gasteiger partial charge on any atom is -0.357 e. The molecular formula is C21H28IN5S. The van der Waals surface area contributed by atoms with Gasteiger partial charge in [-0.2, -0.15) is 0 Å². The number of imidazole rings is 1. The Morgan fingerprint density at radius 1 is 1.21 bits per heavy atom. The number of nitrogens with one attached hydrogen (secondary N) is 1. The zero-order chi connectivity index (χ0) is 18.9. The predicted octanol–water partition coefficient (Wildman–Crippen LogP) is 4.25. The van der Waals surface area contributed by atoms with Crippen LogP contribution in [0.15, 0.2) is 65.5 Å². The first-order valence-electron chi connectivity index (χ1n) is 9.30. The Balaban J connectivity index is 0.00000280. The van der Waals surface area contributed by atoms with Crippen LogP contribution in [0.1, 0.15) is 22.9 Å². The van der Waals surface area contributed by atoms with Crippen molar-refractivity contribution in [3.8, 4) is 0 Å². The summed E-state index contributed by atoms with van der Waals surface area (Å²) in [6.45, 7) is 5.45. The van der Waals surface area contributed by atoms with Crippen LogP contribution in [-0.4, -0.2) is 40.5 Å². The third-order valence-corrected chi connectivity index (χ3v) is 5.27. The summed E-state index contributed by atoms with van der Waals surface area (Å²) in [7, 11) is 2.10. The van der Waals surface area contributed by atoms with Crippen molar-refractivity contribution in [2.45, 2.75) is 26.4 Å². The average Bonchev–Trinajstić information content (AvgIpc) is 3.38. The lowest BCUT2D eigenvalue weighted by Crippen LogP contribution is -2.39. The van der Waals surface area contributed by atoms with Crippen molar-refractivity contribution in [2.75, 3.05) is 20.1 Å². The number of benzene rings is 1. The lowest BCUT2D eigenvalue weighted by atomic mass is 10.1. The fourth-order valence-corrected chi connectivity index (χ4v) is 3.51. The first-order chi connectivity index (χ1) is 13.2. The maximum atomic E-state index is 4.81. The van der Waals surface area contributed by atoms with Crippen molar-refractivity contribution in [1.29, 1.82) is 0 Å². The molecule has 0 radical (unpaired) electrons. The van der Waals surface area contributed by atoms with Crippen molar-refractivity contribution in [3.63, 3.8) is 0 Å². The standard InChI is InChI=1S/C21H27N5S.HI/c1-3-23-21(25(2)12-10-20-5-4-14-27-20)24-15-18-6-8-19(9-7-18)16-26-13-11-22-17-26;/h4-9,11,13-14,17H,3,10,12,15-16H2,1-2H3,(H,23,24);1H. The van der Waals surface area contributed by atoms with Gasteiger partial charge in [0.05, 0.1) is 12.9 Å². The predicted molar refractivity (Wildman–Crippen MR) is 129 cm³/mol. The Hall–Kier alpha value is -1.87. The van der Waals surface area contributed by atoms with Gasteiger partial charge in [0, 0.05) is 44.0 Å². The molecule has 7 heteroatoms. The third-order valence-electron chi connectivity index (χ3n) is 4.33. The third kappa shape index (κ3) is 6.94. The number of guanidine groups is 1. The lowest BCUT2D eigenvalue weighted by molar-refractivity contribution is 0.486. The molecule has 0 saturated heterocycles. The summed E-state index contributed by atoms with van der Waals surface area (Å²) in [5.74, 6) is 0.955. The summed E-state index contributed by atoms with van der Waals surface area (Å²) in [5, 5.41) is 5.52. The van der Waals surface area contributed by atoms with E-state index in [9.17, 15) is 0 Å². The van der Waals surface area contributed by atoms with E-state index in [1.807, 2.05) is 23.9 Å². The molecule has 5 nitrogen and oxygen atoms in total. The van der Waals surface area contributed by atoms with Crippen LogP contribution in [0.4, 0.5) is 0 Å². The van der Waals surface area contributed by atoms with E-state index in [2.05, 4.69) is 75.5 Å². The summed E-state index contributed by atoms with van der Waals surface area (Å²) >= 11 is 1.81. The highest BCUT2D eigenvalue weighted by Gasteiger charge is 2.06. The minimum atomic E-state index is 0. The molecule has 0 aliphatic carbocycles. The highest BCUT2D eigenvalue weighted by Crippen LogP contribution is 2.10. The highest BCUT2D eigenvalue weighted by atomic mass is 127.